The van der Waals surface area contributed by atoms with Crippen LogP contribution in [0.15, 0.2) is 79.1 Å². The van der Waals surface area contributed by atoms with Crippen molar-refractivity contribution in [2.75, 3.05) is 23.8 Å². The van der Waals surface area contributed by atoms with Crippen molar-refractivity contribution in [3.05, 3.63) is 79.1 Å². The van der Waals surface area contributed by atoms with Crippen LogP contribution in [0.25, 0.3) is 28.3 Å². The van der Waals surface area contributed by atoms with Crippen LogP contribution in [0, 0.1) is 0 Å². The maximum absolute atomic E-state index is 12.7. The maximum atomic E-state index is 12.7. The molecule has 2 amide bonds. The van der Waals surface area contributed by atoms with E-state index in [0.717, 1.165) is 11.1 Å². The number of urea groups is 1. The third-order valence-corrected chi connectivity index (χ3v) is 5.42. The molecule has 0 aliphatic rings. The number of benzene rings is 2. The van der Waals surface area contributed by atoms with Gasteiger partial charge < -0.3 is 20.1 Å². The van der Waals surface area contributed by atoms with Crippen molar-refractivity contribution in [2.24, 2.45) is 0 Å². The van der Waals surface area contributed by atoms with Crippen molar-refractivity contribution < 1.29 is 14.3 Å². The number of nitrogens with one attached hydrogen (secondary N) is 2. The summed E-state index contributed by atoms with van der Waals surface area (Å²) in [4.78, 5) is 16.8. The van der Waals surface area contributed by atoms with Gasteiger partial charge in [-0.1, -0.05) is 12.1 Å². The molecule has 3 aromatic heterocycles. The molecular formula is C27H25N7O3. The number of hydrogen-bond acceptors (Lipinski definition) is 7. The summed E-state index contributed by atoms with van der Waals surface area (Å²) in [5.41, 5.74) is 4.23. The molecule has 0 bridgehead atoms. The minimum absolute atomic E-state index is 0.383. The van der Waals surface area contributed by atoms with Gasteiger partial charge in [-0.3, -0.25) is 4.98 Å². The summed E-state index contributed by atoms with van der Waals surface area (Å²) in [6.07, 6.45) is 3.40. The van der Waals surface area contributed by atoms with E-state index in [4.69, 9.17) is 14.6 Å². The van der Waals surface area contributed by atoms with Crippen LogP contribution >= 0.6 is 0 Å². The van der Waals surface area contributed by atoms with Gasteiger partial charge in [0.1, 0.15) is 0 Å². The largest absolute Gasteiger partial charge is 0.490 e. The van der Waals surface area contributed by atoms with Gasteiger partial charge in [-0.05, 0) is 62.4 Å². The molecule has 10 heteroatoms. The van der Waals surface area contributed by atoms with Crippen LogP contribution in [0.2, 0.25) is 0 Å². The predicted octanol–water partition coefficient (Wildman–Crippen LogP) is 5.29. The zero-order valence-corrected chi connectivity index (χ0v) is 20.4. The van der Waals surface area contributed by atoms with Crippen LogP contribution in [0.5, 0.6) is 11.5 Å². The normalized spacial score (nSPS) is 10.8. The Kier molecular flexibility index (Phi) is 6.89. The van der Waals surface area contributed by atoms with Crippen LogP contribution in [0.4, 0.5) is 16.2 Å². The summed E-state index contributed by atoms with van der Waals surface area (Å²) in [5.74, 6) is 1.83. The molecule has 10 nitrogen and oxygen atoms in total. The number of amides is 2. The average molecular weight is 496 g/mol. The molecule has 0 saturated heterocycles. The Hall–Kier alpha value is -4.99. The Morgan fingerprint density at radius 3 is 2.35 bits per heavy atom. The van der Waals surface area contributed by atoms with Gasteiger partial charge in [-0.15, -0.1) is 10.2 Å². The highest BCUT2D eigenvalue weighted by Crippen LogP contribution is 2.31. The number of pyridine rings is 1. The molecule has 37 heavy (non-hydrogen) atoms. The first kappa shape index (κ1) is 23.7. The number of nitrogens with zero attached hydrogens (tertiary/aromatic N) is 5. The molecule has 0 spiro atoms. The lowest BCUT2D eigenvalue weighted by Crippen LogP contribution is -2.19. The summed E-state index contributed by atoms with van der Waals surface area (Å²) >= 11 is 0. The van der Waals surface area contributed by atoms with E-state index in [-0.39, 0.29) is 6.03 Å². The van der Waals surface area contributed by atoms with Crippen LogP contribution in [-0.2, 0) is 0 Å². The third kappa shape index (κ3) is 5.32. The highest BCUT2D eigenvalue weighted by atomic mass is 16.5. The molecule has 2 N–H and O–H groups in total. The van der Waals surface area contributed by atoms with Crippen molar-refractivity contribution >= 4 is 23.1 Å². The monoisotopic (exact) mass is 495 g/mol. The fraction of sp³-hybridized carbons (Fsp3) is 0.148. The summed E-state index contributed by atoms with van der Waals surface area (Å²) in [6.45, 7) is 4.81. The number of ether oxygens (including phenoxy) is 2. The Balaban J connectivity index is 1.34. The first-order valence-corrected chi connectivity index (χ1v) is 11.9. The molecule has 0 radical (unpaired) electrons. The first-order chi connectivity index (χ1) is 18.1. The fourth-order valence-corrected chi connectivity index (χ4v) is 3.80. The zero-order valence-electron chi connectivity index (χ0n) is 20.4. The van der Waals surface area contributed by atoms with E-state index >= 15 is 0 Å². The molecule has 0 atom stereocenters. The van der Waals surface area contributed by atoms with Crippen LogP contribution < -0.4 is 20.1 Å². The molecule has 5 rings (SSSR count). The van der Waals surface area contributed by atoms with E-state index < -0.39 is 0 Å². The highest BCUT2D eigenvalue weighted by Gasteiger charge is 2.12. The van der Waals surface area contributed by atoms with E-state index in [0.29, 0.717) is 53.3 Å². The smallest absolute Gasteiger partial charge is 0.323 e. The van der Waals surface area contributed by atoms with E-state index in [1.807, 2.05) is 62.4 Å². The second kappa shape index (κ2) is 10.7. The SMILES string of the molecule is CCOc1ccc(NC(=O)Nc2cccc(-c3ccc4nnc(-c5ccncc5)n4n3)c2)cc1OCC. The molecule has 0 saturated carbocycles. The third-order valence-electron chi connectivity index (χ3n) is 5.42. The molecule has 186 valence electrons. The number of rotatable bonds is 8. The number of anilines is 2. The van der Waals surface area contributed by atoms with Gasteiger partial charge in [0.05, 0.1) is 18.9 Å². The van der Waals surface area contributed by atoms with Crippen molar-refractivity contribution in [3.63, 3.8) is 0 Å². The molecule has 5 aromatic rings. The lowest BCUT2D eigenvalue weighted by molar-refractivity contribution is 0.262. The number of carbonyl (C=O) groups excluding carboxylic acids is 1. The molecule has 0 aliphatic carbocycles. The number of fused-ring (bicyclic) bond motifs is 1. The molecular weight excluding hydrogens is 470 g/mol. The lowest BCUT2D eigenvalue weighted by atomic mass is 10.1. The molecule has 2 aromatic carbocycles. The van der Waals surface area contributed by atoms with Crippen LogP contribution in [0.3, 0.4) is 0 Å². The minimum Gasteiger partial charge on any atom is -0.490 e. The van der Waals surface area contributed by atoms with Crippen LogP contribution in [0.1, 0.15) is 13.8 Å². The summed E-state index contributed by atoms with van der Waals surface area (Å²) in [5, 5.41) is 18.9. The minimum atomic E-state index is -0.383. The lowest BCUT2D eigenvalue weighted by Gasteiger charge is -2.13. The van der Waals surface area contributed by atoms with Gasteiger partial charge in [0.2, 0.25) is 0 Å². The summed E-state index contributed by atoms with van der Waals surface area (Å²) < 4.78 is 12.9. The zero-order chi connectivity index (χ0) is 25.6. The van der Waals surface area contributed by atoms with Crippen molar-refractivity contribution in [1.82, 2.24) is 24.8 Å². The Labute approximate surface area is 213 Å². The quantitative estimate of drug-likeness (QED) is 0.300. The van der Waals surface area contributed by atoms with Gasteiger partial charge in [0, 0.05) is 41.0 Å². The second-order valence-corrected chi connectivity index (χ2v) is 7.94. The van der Waals surface area contributed by atoms with Crippen molar-refractivity contribution in [3.8, 4) is 34.1 Å². The maximum Gasteiger partial charge on any atom is 0.323 e. The number of carbonyl (C=O) groups is 1. The Morgan fingerprint density at radius 2 is 1.57 bits per heavy atom. The Bertz CT molecular complexity index is 1540. The highest BCUT2D eigenvalue weighted by molar-refractivity contribution is 6.00. The Morgan fingerprint density at radius 1 is 0.811 bits per heavy atom. The van der Waals surface area contributed by atoms with Gasteiger partial charge >= 0.3 is 6.03 Å². The molecule has 0 fully saturated rings. The predicted molar refractivity (Wildman–Crippen MR) is 141 cm³/mol. The van der Waals surface area contributed by atoms with E-state index in [2.05, 4.69) is 25.8 Å². The number of aromatic nitrogens is 5. The fourth-order valence-electron chi connectivity index (χ4n) is 3.80. The average Bonchev–Trinajstić information content (AvgIpc) is 3.34. The second-order valence-electron chi connectivity index (χ2n) is 7.94. The van der Waals surface area contributed by atoms with E-state index in [1.54, 1.807) is 35.1 Å². The van der Waals surface area contributed by atoms with Gasteiger partial charge in [0.15, 0.2) is 23.0 Å². The topological polar surface area (TPSA) is 116 Å². The van der Waals surface area contributed by atoms with E-state index in [1.165, 1.54) is 0 Å². The molecule has 3 heterocycles. The number of hydrogen-bond donors (Lipinski definition) is 2. The summed E-state index contributed by atoms with van der Waals surface area (Å²) in [6, 6.07) is 19.8. The molecule has 0 unspecified atom stereocenters. The molecule has 0 aliphatic heterocycles. The van der Waals surface area contributed by atoms with Gasteiger partial charge in [-0.2, -0.15) is 9.61 Å². The van der Waals surface area contributed by atoms with Crippen LogP contribution in [-0.4, -0.2) is 44.0 Å². The van der Waals surface area contributed by atoms with E-state index in [9.17, 15) is 4.79 Å². The van der Waals surface area contributed by atoms with Crippen molar-refractivity contribution in [2.45, 2.75) is 13.8 Å². The van der Waals surface area contributed by atoms with Gasteiger partial charge in [-0.25, -0.2) is 4.79 Å². The van der Waals surface area contributed by atoms with Gasteiger partial charge in [0.25, 0.3) is 0 Å². The first-order valence-electron chi connectivity index (χ1n) is 11.9. The van der Waals surface area contributed by atoms with Crippen molar-refractivity contribution in [1.29, 1.82) is 0 Å². The summed E-state index contributed by atoms with van der Waals surface area (Å²) in [7, 11) is 0. The standard InChI is InChI=1S/C27H25N7O3/c1-3-36-23-10-8-21(17-24(23)37-4-2)30-27(35)29-20-7-5-6-19(16-20)22-9-11-25-31-32-26(34(25)33-22)18-12-14-28-15-13-18/h5-17H,3-4H2,1-2H3,(H2,29,30,35).